The summed E-state index contributed by atoms with van der Waals surface area (Å²) in [5.74, 6) is 0.601. The Bertz CT molecular complexity index is 1410. The van der Waals surface area contributed by atoms with Crippen LogP contribution in [-0.4, -0.2) is 10.9 Å². The van der Waals surface area contributed by atoms with Gasteiger partial charge in [0, 0.05) is 0 Å². The van der Waals surface area contributed by atoms with E-state index in [1.807, 2.05) is 54.6 Å². The molecular weight excluding hydrogens is 440 g/mol. The van der Waals surface area contributed by atoms with E-state index in [9.17, 15) is 0 Å². The molecule has 174 valence electrons. The predicted molar refractivity (Wildman–Crippen MR) is 144 cm³/mol. The monoisotopic (exact) mass is 466 g/mol. The van der Waals surface area contributed by atoms with Crippen molar-refractivity contribution in [2.75, 3.05) is 0 Å². The average Bonchev–Trinajstić information content (AvgIpc) is 3.41. The third-order valence-electron chi connectivity index (χ3n) is 6.60. The summed E-state index contributed by atoms with van der Waals surface area (Å²) in [7, 11) is 0. The minimum Gasteiger partial charge on any atom is -0.465 e. The third-order valence-corrected chi connectivity index (χ3v) is 6.60. The van der Waals surface area contributed by atoms with Gasteiger partial charge in [-0.3, -0.25) is 0 Å². The van der Waals surface area contributed by atoms with Gasteiger partial charge in [0.25, 0.3) is 0 Å². The predicted octanol–water partition coefficient (Wildman–Crippen LogP) is 7.52. The van der Waals surface area contributed by atoms with Crippen molar-refractivity contribution in [3.05, 3.63) is 173 Å². The lowest BCUT2D eigenvalue weighted by molar-refractivity contribution is 0.196. The average molecular weight is 467 g/mol. The zero-order valence-corrected chi connectivity index (χ0v) is 19.8. The van der Waals surface area contributed by atoms with E-state index in [1.54, 1.807) is 0 Å². The second kappa shape index (κ2) is 10.0. The summed E-state index contributed by atoms with van der Waals surface area (Å²) < 4.78 is 6.53. The molecule has 0 unspecified atom stereocenters. The third kappa shape index (κ3) is 4.44. The van der Waals surface area contributed by atoms with Gasteiger partial charge in [-0.25, -0.2) is 9.98 Å². The summed E-state index contributed by atoms with van der Waals surface area (Å²) in [5, 5.41) is 0. The molecule has 3 heteroatoms. The Kier molecular flexibility index (Phi) is 6.11. The van der Waals surface area contributed by atoms with Gasteiger partial charge in [0.2, 0.25) is 5.90 Å². The topological polar surface area (TPSA) is 34.5 Å². The summed E-state index contributed by atoms with van der Waals surface area (Å²) in [6.07, 6.45) is -0.201. The Balaban J connectivity index is 1.41. The van der Waals surface area contributed by atoms with E-state index in [0.29, 0.717) is 5.90 Å². The van der Waals surface area contributed by atoms with E-state index < -0.39 is 0 Å². The summed E-state index contributed by atoms with van der Waals surface area (Å²) >= 11 is 0. The molecule has 3 nitrogen and oxygen atoms in total. The van der Waals surface area contributed by atoms with Crippen molar-refractivity contribution in [3.8, 4) is 0 Å². The van der Waals surface area contributed by atoms with Crippen LogP contribution in [-0.2, 0) is 4.74 Å². The second-order valence-electron chi connectivity index (χ2n) is 8.94. The van der Waals surface area contributed by atoms with Crippen LogP contribution in [0.5, 0.6) is 0 Å². The summed E-state index contributed by atoms with van der Waals surface area (Å²) in [5.41, 5.74) is 6.36. The number of benzene rings is 4. The van der Waals surface area contributed by atoms with Crippen LogP contribution in [0.1, 0.15) is 51.7 Å². The quantitative estimate of drug-likeness (QED) is 0.259. The van der Waals surface area contributed by atoms with Crippen molar-refractivity contribution < 1.29 is 4.74 Å². The zero-order chi connectivity index (χ0) is 24.2. The number of hydrogen-bond acceptors (Lipinski definition) is 3. The van der Waals surface area contributed by atoms with Crippen molar-refractivity contribution in [1.29, 1.82) is 0 Å². The van der Waals surface area contributed by atoms with Crippen molar-refractivity contribution in [3.63, 3.8) is 0 Å². The standard InChI is InChI=1S/C33H26N2O/c1-5-14-24(15-6-1)30(25-16-7-2-8-17-25)28-22-13-23-29(34-28)33-35-31(26-18-9-3-10-19-26)32(36-33)27-20-11-4-12-21-27/h1-23,30-32H/t31-,32+/m1/s1. The molecule has 0 fully saturated rings. The molecule has 0 spiro atoms. The fraction of sp³-hybridized carbons (Fsp3) is 0.0909. The van der Waals surface area contributed by atoms with Crippen molar-refractivity contribution in [2.45, 2.75) is 18.1 Å². The number of rotatable bonds is 6. The van der Waals surface area contributed by atoms with Crippen LogP contribution in [0.3, 0.4) is 0 Å². The highest BCUT2D eigenvalue weighted by molar-refractivity contribution is 5.93. The first-order valence-corrected chi connectivity index (χ1v) is 12.3. The molecule has 6 rings (SSSR count). The molecule has 0 N–H and O–H groups in total. The van der Waals surface area contributed by atoms with Crippen LogP contribution < -0.4 is 0 Å². The zero-order valence-electron chi connectivity index (χ0n) is 19.8. The molecule has 0 saturated heterocycles. The molecule has 1 aliphatic heterocycles. The number of nitrogens with zero attached hydrogens (tertiary/aromatic N) is 2. The molecule has 0 bridgehead atoms. The first-order chi connectivity index (χ1) is 17.9. The van der Waals surface area contributed by atoms with Crippen molar-refractivity contribution in [1.82, 2.24) is 4.98 Å². The van der Waals surface area contributed by atoms with Gasteiger partial charge < -0.3 is 4.74 Å². The number of hydrogen-bond donors (Lipinski definition) is 0. The molecule has 1 aromatic heterocycles. The van der Waals surface area contributed by atoms with E-state index in [4.69, 9.17) is 14.7 Å². The molecule has 36 heavy (non-hydrogen) atoms. The molecule has 0 radical (unpaired) electrons. The highest BCUT2D eigenvalue weighted by atomic mass is 16.5. The lowest BCUT2D eigenvalue weighted by Gasteiger charge is -2.19. The van der Waals surface area contributed by atoms with E-state index in [-0.39, 0.29) is 18.1 Å². The van der Waals surface area contributed by atoms with Gasteiger partial charge in [-0.1, -0.05) is 127 Å². The van der Waals surface area contributed by atoms with Crippen LogP contribution >= 0.6 is 0 Å². The number of pyridine rings is 1. The number of aromatic nitrogens is 1. The van der Waals surface area contributed by atoms with Gasteiger partial charge >= 0.3 is 0 Å². The Labute approximate surface area is 211 Å². The first-order valence-electron chi connectivity index (χ1n) is 12.3. The molecule has 2 atom stereocenters. The van der Waals surface area contributed by atoms with Crippen LogP contribution in [0.4, 0.5) is 0 Å². The fourth-order valence-electron chi connectivity index (χ4n) is 4.88. The van der Waals surface area contributed by atoms with Gasteiger partial charge in [-0.05, 0) is 34.4 Å². The Morgan fingerprint density at radius 3 is 1.64 bits per heavy atom. The lowest BCUT2D eigenvalue weighted by atomic mass is 9.88. The Morgan fingerprint density at radius 1 is 0.528 bits per heavy atom. The smallest absolute Gasteiger partial charge is 0.236 e. The Morgan fingerprint density at radius 2 is 1.06 bits per heavy atom. The SMILES string of the molecule is c1ccc(C(c2ccccc2)c2cccc(C3=N[C@H](c4ccccc4)[C@H](c4ccccc4)O3)n2)cc1. The van der Waals surface area contributed by atoms with Crippen LogP contribution in [0.15, 0.2) is 145 Å². The van der Waals surface area contributed by atoms with Gasteiger partial charge in [-0.2, -0.15) is 0 Å². The van der Waals surface area contributed by atoms with Gasteiger partial charge in [0.15, 0.2) is 6.10 Å². The fourth-order valence-corrected chi connectivity index (χ4v) is 4.88. The van der Waals surface area contributed by atoms with Crippen molar-refractivity contribution >= 4 is 5.90 Å². The van der Waals surface area contributed by atoms with Gasteiger partial charge in [0.05, 0.1) is 11.6 Å². The van der Waals surface area contributed by atoms with Gasteiger partial charge in [0.1, 0.15) is 11.7 Å². The normalized spacial score (nSPS) is 17.0. The molecule has 0 amide bonds. The highest BCUT2D eigenvalue weighted by Crippen LogP contribution is 2.41. The molecule has 1 aliphatic rings. The Hall–Kier alpha value is -4.50. The summed E-state index contributed by atoms with van der Waals surface area (Å²) in [6.45, 7) is 0. The van der Waals surface area contributed by atoms with E-state index in [2.05, 4.69) is 84.9 Å². The lowest BCUT2D eigenvalue weighted by Crippen LogP contribution is -2.12. The maximum Gasteiger partial charge on any atom is 0.236 e. The molecule has 5 aromatic rings. The van der Waals surface area contributed by atoms with Crippen LogP contribution in [0.25, 0.3) is 0 Å². The van der Waals surface area contributed by atoms with E-state index in [1.165, 1.54) is 11.1 Å². The maximum atomic E-state index is 6.53. The van der Waals surface area contributed by atoms with E-state index in [0.717, 1.165) is 22.5 Å². The summed E-state index contributed by atoms with van der Waals surface area (Å²) in [6, 6.07) is 47.7. The minimum atomic E-state index is -0.201. The molecule has 0 saturated carbocycles. The minimum absolute atomic E-state index is 0.0178. The number of aliphatic imine (C=N–C) groups is 1. The number of ether oxygens (including phenoxy) is 1. The molecular formula is C33H26N2O. The maximum absolute atomic E-state index is 6.53. The largest absolute Gasteiger partial charge is 0.465 e. The van der Waals surface area contributed by atoms with Crippen LogP contribution in [0.2, 0.25) is 0 Å². The first kappa shape index (κ1) is 22.0. The second-order valence-corrected chi connectivity index (χ2v) is 8.94. The van der Waals surface area contributed by atoms with Gasteiger partial charge in [-0.15, -0.1) is 0 Å². The molecule has 0 aliphatic carbocycles. The van der Waals surface area contributed by atoms with E-state index >= 15 is 0 Å². The molecule has 2 heterocycles. The molecule has 4 aromatic carbocycles. The van der Waals surface area contributed by atoms with Crippen molar-refractivity contribution in [2.24, 2.45) is 4.99 Å². The van der Waals surface area contributed by atoms with Crippen LogP contribution in [0, 0.1) is 0 Å². The summed E-state index contributed by atoms with van der Waals surface area (Å²) in [4.78, 5) is 10.2. The highest BCUT2D eigenvalue weighted by Gasteiger charge is 2.34.